The van der Waals surface area contributed by atoms with Crippen LogP contribution in [0.4, 0.5) is 0 Å². The van der Waals surface area contributed by atoms with Gasteiger partial charge in [0.25, 0.3) is 0 Å². The van der Waals surface area contributed by atoms with Crippen molar-refractivity contribution in [3.05, 3.63) is 0 Å². The predicted octanol–water partition coefficient (Wildman–Crippen LogP) is 0.232. The zero-order valence-corrected chi connectivity index (χ0v) is 7.86. The molecule has 0 bridgehead atoms. The van der Waals surface area contributed by atoms with Crippen LogP contribution < -0.4 is 11.2 Å². The number of thiocarbonyl (C=S) groups is 1. The number of nitrogens with one attached hydrogen (secondary N) is 1. The van der Waals surface area contributed by atoms with E-state index >= 15 is 0 Å². The third-order valence-electron chi connectivity index (χ3n) is 1.86. The minimum absolute atomic E-state index is 0.202. The first-order valence-electron chi connectivity index (χ1n) is 3.87. The van der Waals surface area contributed by atoms with Gasteiger partial charge in [-0.25, -0.2) is 0 Å². The van der Waals surface area contributed by atoms with Crippen molar-refractivity contribution < 1.29 is 4.74 Å². The van der Waals surface area contributed by atoms with Crippen LogP contribution in [-0.2, 0) is 4.74 Å². The number of rotatable bonds is 2. The highest BCUT2D eigenvalue weighted by atomic mass is 32.1. The molecule has 0 amide bonds. The molecule has 1 saturated heterocycles. The molecule has 0 saturated carbocycles. The second-order valence-electron chi connectivity index (χ2n) is 2.79. The molecule has 12 heavy (non-hydrogen) atoms. The smallest absolute Gasteiger partial charge is 0.184 e. The lowest BCUT2D eigenvalue weighted by Gasteiger charge is -2.06. The van der Waals surface area contributed by atoms with E-state index in [-0.39, 0.29) is 5.11 Å². The summed E-state index contributed by atoms with van der Waals surface area (Å²) < 4.78 is 5.21. The average molecular weight is 187 g/mol. The van der Waals surface area contributed by atoms with Gasteiger partial charge >= 0.3 is 0 Å². The van der Waals surface area contributed by atoms with Gasteiger partial charge in [0.05, 0.1) is 6.61 Å². The monoisotopic (exact) mass is 187 g/mol. The highest BCUT2D eigenvalue weighted by molar-refractivity contribution is 7.80. The van der Waals surface area contributed by atoms with Crippen LogP contribution in [0.5, 0.6) is 0 Å². The Hall–Kier alpha value is -0.680. The van der Waals surface area contributed by atoms with Crippen molar-refractivity contribution in [3.8, 4) is 0 Å². The molecule has 3 N–H and O–H groups in total. The minimum Gasteiger partial charge on any atom is -0.381 e. The standard InChI is InChI=1S/C7H13N3OS/c1-5(9-10-7(8)12)6-2-3-11-4-6/h6H,2-4H2,1H3,(H3,8,10,12). The maximum Gasteiger partial charge on any atom is 0.184 e. The van der Waals surface area contributed by atoms with Crippen molar-refractivity contribution in [1.82, 2.24) is 5.43 Å². The molecule has 0 aromatic rings. The Morgan fingerprint density at radius 3 is 3.00 bits per heavy atom. The van der Waals surface area contributed by atoms with E-state index in [2.05, 4.69) is 22.7 Å². The predicted molar refractivity (Wildman–Crippen MR) is 52.0 cm³/mol. The van der Waals surface area contributed by atoms with E-state index in [1.807, 2.05) is 6.92 Å². The largest absolute Gasteiger partial charge is 0.381 e. The van der Waals surface area contributed by atoms with E-state index < -0.39 is 0 Å². The van der Waals surface area contributed by atoms with Gasteiger partial charge in [-0.2, -0.15) is 5.10 Å². The van der Waals surface area contributed by atoms with Gasteiger partial charge in [0.2, 0.25) is 0 Å². The summed E-state index contributed by atoms with van der Waals surface area (Å²) in [6.07, 6.45) is 1.04. The molecule has 1 heterocycles. The van der Waals surface area contributed by atoms with Crippen LogP contribution >= 0.6 is 12.2 Å². The summed E-state index contributed by atoms with van der Waals surface area (Å²) in [5, 5.41) is 4.23. The first-order chi connectivity index (χ1) is 5.70. The molecule has 1 fully saturated rings. The molecule has 5 heteroatoms. The Bertz CT molecular complexity index is 199. The van der Waals surface area contributed by atoms with Crippen molar-refractivity contribution in [2.75, 3.05) is 13.2 Å². The van der Waals surface area contributed by atoms with E-state index in [4.69, 9.17) is 10.5 Å². The molecule has 4 nitrogen and oxygen atoms in total. The second-order valence-corrected chi connectivity index (χ2v) is 3.23. The Morgan fingerprint density at radius 2 is 2.50 bits per heavy atom. The van der Waals surface area contributed by atoms with Crippen LogP contribution in [0.3, 0.4) is 0 Å². The molecule has 1 aliphatic rings. The van der Waals surface area contributed by atoms with E-state index in [1.165, 1.54) is 0 Å². The summed E-state index contributed by atoms with van der Waals surface area (Å²) in [6.45, 7) is 3.53. The summed E-state index contributed by atoms with van der Waals surface area (Å²) in [6, 6.07) is 0. The Labute approximate surface area is 77.2 Å². The van der Waals surface area contributed by atoms with Gasteiger partial charge in [-0.05, 0) is 25.6 Å². The molecule has 1 unspecified atom stereocenters. The Morgan fingerprint density at radius 1 is 1.75 bits per heavy atom. The fraction of sp³-hybridized carbons (Fsp3) is 0.714. The van der Waals surface area contributed by atoms with Crippen molar-refractivity contribution in [2.45, 2.75) is 13.3 Å². The van der Waals surface area contributed by atoms with Crippen molar-refractivity contribution in [2.24, 2.45) is 16.8 Å². The van der Waals surface area contributed by atoms with Gasteiger partial charge in [0, 0.05) is 18.2 Å². The van der Waals surface area contributed by atoms with E-state index in [1.54, 1.807) is 0 Å². The fourth-order valence-corrected chi connectivity index (χ4v) is 1.14. The highest BCUT2D eigenvalue weighted by Crippen LogP contribution is 2.13. The normalized spacial score (nSPS) is 24.1. The third kappa shape index (κ3) is 2.75. The summed E-state index contributed by atoms with van der Waals surface area (Å²) in [4.78, 5) is 0. The zero-order valence-electron chi connectivity index (χ0n) is 7.04. The number of nitrogens with two attached hydrogens (primary N) is 1. The maximum atomic E-state index is 5.22. The third-order valence-corrected chi connectivity index (χ3v) is 1.95. The Balaban J connectivity index is 2.39. The van der Waals surface area contributed by atoms with E-state index in [0.29, 0.717) is 5.92 Å². The lowest BCUT2D eigenvalue weighted by molar-refractivity contribution is 0.193. The summed E-state index contributed by atoms with van der Waals surface area (Å²) >= 11 is 4.62. The maximum absolute atomic E-state index is 5.22. The summed E-state index contributed by atoms with van der Waals surface area (Å²) in [5.74, 6) is 0.423. The molecule has 1 atom stereocenters. The van der Waals surface area contributed by atoms with Gasteiger partial charge in [-0.1, -0.05) is 0 Å². The molecule has 0 aromatic carbocycles. The lowest BCUT2D eigenvalue weighted by Crippen LogP contribution is -2.26. The van der Waals surface area contributed by atoms with Crippen LogP contribution in [0.1, 0.15) is 13.3 Å². The van der Waals surface area contributed by atoms with Crippen molar-refractivity contribution >= 4 is 23.0 Å². The summed E-state index contributed by atoms with van der Waals surface area (Å²) in [5.41, 5.74) is 8.79. The highest BCUT2D eigenvalue weighted by Gasteiger charge is 2.18. The summed E-state index contributed by atoms with van der Waals surface area (Å²) in [7, 11) is 0. The van der Waals surface area contributed by atoms with Gasteiger partial charge < -0.3 is 10.5 Å². The van der Waals surface area contributed by atoms with Crippen molar-refractivity contribution in [3.63, 3.8) is 0 Å². The molecule has 68 valence electrons. The molecular weight excluding hydrogens is 174 g/mol. The van der Waals surface area contributed by atoms with E-state index in [9.17, 15) is 0 Å². The molecule has 0 aromatic heterocycles. The van der Waals surface area contributed by atoms with Crippen LogP contribution in [0.15, 0.2) is 5.10 Å². The van der Waals surface area contributed by atoms with Gasteiger partial charge in [-0.15, -0.1) is 0 Å². The number of ether oxygens (including phenoxy) is 1. The fourth-order valence-electron chi connectivity index (χ4n) is 1.10. The van der Waals surface area contributed by atoms with Gasteiger partial charge in [0.15, 0.2) is 5.11 Å². The van der Waals surface area contributed by atoms with Crippen LogP contribution in [0.2, 0.25) is 0 Å². The van der Waals surface area contributed by atoms with E-state index in [0.717, 1.165) is 25.3 Å². The number of hydrogen-bond donors (Lipinski definition) is 2. The van der Waals surface area contributed by atoms with Crippen LogP contribution in [0, 0.1) is 5.92 Å². The SMILES string of the molecule is CC(=NNC(N)=S)C1CCOC1. The molecule has 0 aliphatic carbocycles. The molecule has 1 aliphatic heterocycles. The molecule has 0 spiro atoms. The zero-order chi connectivity index (χ0) is 8.97. The number of hydrazone groups is 1. The van der Waals surface area contributed by atoms with Crippen LogP contribution in [-0.4, -0.2) is 24.0 Å². The number of nitrogens with zero attached hydrogens (tertiary/aromatic N) is 1. The van der Waals surface area contributed by atoms with Crippen LogP contribution in [0.25, 0.3) is 0 Å². The first-order valence-corrected chi connectivity index (χ1v) is 4.28. The van der Waals surface area contributed by atoms with Gasteiger partial charge in [0.1, 0.15) is 0 Å². The van der Waals surface area contributed by atoms with Gasteiger partial charge in [-0.3, -0.25) is 5.43 Å². The Kier molecular flexibility index (Phi) is 3.43. The topological polar surface area (TPSA) is 59.6 Å². The average Bonchev–Trinajstić information content (AvgIpc) is 2.51. The molecular formula is C7H13N3OS. The minimum atomic E-state index is 0.202. The lowest BCUT2D eigenvalue weighted by atomic mass is 10.0. The molecule has 1 rings (SSSR count). The number of hydrogen-bond acceptors (Lipinski definition) is 3. The molecule has 0 radical (unpaired) electrons. The van der Waals surface area contributed by atoms with Crippen molar-refractivity contribution in [1.29, 1.82) is 0 Å². The quantitative estimate of drug-likeness (QED) is 0.369. The second kappa shape index (κ2) is 4.37. The first kappa shape index (κ1) is 9.41.